The summed E-state index contributed by atoms with van der Waals surface area (Å²) in [7, 11) is 0. The number of benzene rings is 2. The van der Waals surface area contributed by atoms with Gasteiger partial charge >= 0.3 is 11.7 Å². The summed E-state index contributed by atoms with van der Waals surface area (Å²) in [5.41, 5.74) is 4.08. The number of fused-ring (bicyclic) bond motifs is 1. The molecule has 1 aromatic heterocycles. The van der Waals surface area contributed by atoms with Gasteiger partial charge in [-0.1, -0.05) is 12.1 Å². The fraction of sp³-hybridized carbons (Fsp3) is 0.391. The second-order valence-electron chi connectivity index (χ2n) is 7.76. The molecule has 8 heteroatoms. The van der Waals surface area contributed by atoms with Crippen LogP contribution in [0.15, 0.2) is 41.2 Å². The second kappa shape index (κ2) is 8.83. The maximum absolute atomic E-state index is 13.1. The van der Waals surface area contributed by atoms with E-state index < -0.39 is 0 Å². The van der Waals surface area contributed by atoms with Gasteiger partial charge in [-0.2, -0.15) is 0 Å². The van der Waals surface area contributed by atoms with E-state index in [1.165, 1.54) is 12.1 Å². The molecule has 1 aliphatic rings. The van der Waals surface area contributed by atoms with Crippen LogP contribution < -0.4 is 21.2 Å². The molecule has 0 unspecified atom stereocenters. The van der Waals surface area contributed by atoms with E-state index in [1.807, 2.05) is 26.0 Å². The number of anilines is 2. The third-order valence-corrected chi connectivity index (χ3v) is 5.83. The minimum atomic E-state index is -0.343. The number of urea groups is 1. The Labute approximate surface area is 180 Å². The number of imidazole rings is 1. The summed E-state index contributed by atoms with van der Waals surface area (Å²) in [5, 5.41) is 5.79. The Balaban J connectivity index is 1.65. The molecule has 0 bridgehead atoms. The third-order valence-electron chi connectivity index (χ3n) is 5.83. The van der Waals surface area contributed by atoms with E-state index in [4.69, 9.17) is 0 Å². The van der Waals surface area contributed by atoms with Crippen molar-refractivity contribution in [1.82, 2.24) is 14.5 Å². The summed E-state index contributed by atoms with van der Waals surface area (Å²) in [4.78, 5) is 27.7. The molecule has 1 fully saturated rings. The maximum Gasteiger partial charge on any atom is 0.329 e. The molecule has 0 radical (unpaired) electrons. The molecule has 1 saturated heterocycles. The van der Waals surface area contributed by atoms with Gasteiger partial charge in [-0.15, -0.1) is 0 Å². The number of aryl methyl sites for hydroxylation is 2. The number of carbonyl (C=O) groups excluding carboxylic acids is 1. The normalized spacial score (nSPS) is 13.7. The molecule has 0 aliphatic carbocycles. The first-order valence-electron chi connectivity index (χ1n) is 10.8. The number of nitrogens with zero attached hydrogens (tertiary/aromatic N) is 3. The molecule has 0 spiro atoms. The van der Waals surface area contributed by atoms with Crippen LogP contribution in [-0.2, 0) is 19.6 Å². The second-order valence-corrected chi connectivity index (χ2v) is 7.76. The third kappa shape index (κ3) is 4.15. The van der Waals surface area contributed by atoms with Gasteiger partial charge < -0.3 is 15.5 Å². The fourth-order valence-electron chi connectivity index (χ4n) is 4.23. The van der Waals surface area contributed by atoms with Crippen LogP contribution in [0, 0.1) is 5.82 Å². The highest BCUT2D eigenvalue weighted by Gasteiger charge is 2.21. The zero-order chi connectivity index (χ0) is 22.0. The lowest BCUT2D eigenvalue weighted by Gasteiger charge is -2.22. The van der Waals surface area contributed by atoms with Crippen molar-refractivity contribution < 1.29 is 9.18 Å². The molecule has 2 N–H and O–H groups in total. The molecule has 7 nitrogen and oxygen atoms in total. The zero-order valence-electron chi connectivity index (χ0n) is 17.9. The van der Waals surface area contributed by atoms with Crippen LogP contribution in [0.2, 0.25) is 0 Å². The van der Waals surface area contributed by atoms with Crippen LogP contribution >= 0.6 is 0 Å². The number of hydrogen-bond acceptors (Lipinski definition) is 3. The number of aromatic nitrogens is 2. The highest BCUT2D eigenvalue weighted by atomic mass is 19.1. The summed E-state index contributed by atoms with van der Waals surface area (Å²) in [5.74, 6) is -0.308. The van der Waals surface area contributed by atoms with E-state index in [0.29, 0.717) is 25.3 Å². The van der Waals surface area contributed by atoms with Gasteiger partial charge in [0.15, 0.2) is 0 Å². The monoisotopic (exact) mass is 425 g/mol. The van der Waals surface area contributed by atoms with Gasteiger partial charge in [-0.05, 0) is 56.5 Å². The van der Waals surface area contributed by atoms with E-state index >= 15 is 0 Å². The molecule has 2 heterocycles. The molecule has 0 atom stereocenters. The van der Waals surface area contributed by atoms with Gasteiger partial charge in [0, 0.05) is 32.7 Å². The molecule has 164 valence electrons. The average Bonchev–Trinajstić information content (AvgIpc) is 3.38. The van der Waals surface area contributed by atoms with Gasteiger partial charge in [0.05, 0.1) is 22.4 Å². The minimum absolute atomic E-state index is 0.0368. The molecule has 0 saturated carbocycles. The van der Waals surface area contributed by atoms with Crippen molar-refractivity contribution in [3.05, 3.63) is 58.3 Å². The van der Waals surface area contributed by atoms with Crippen molar-refractivity contribution in [1.29, 1.82) is 0 Å². The van der Waals surface area contributed by atoms with Gasteiger partial charge in [-0.25, -0.2) is 14.0 Å². The number of halogens is 1. The first-order valence-corrected chi connectivity index (χ1v) is 10.8. The Bertz CT molecular complexity index is 1140. The Morgan fingerprint density at radius 2 is 1.61 bits per heavy atom. The minimum Gasteiger partial charge on any atom is -0.370 e. The molecule has 3 aromatic rings. The van der Waals surface area contributed by atoms with E-state index in [9.17, 15) is 14.0 Å². The highest BCUT2D eigenvalue weighted by molar-refractivity contribution is 5.98. The van der Waals surface area contributed by atoms with Crippen LogP contribution in [0.3, 0.4) is 0 Å². The first kappa shape index (κ1) is 21.0. The predicted octanol–water partition coefficient (Wildman–Crippen LogP) is 3.90. The van der Waals surface area contributed by atoms with E-state index in [1.54, 1.807) is 21.3 Å². The van der Waals surface area contributed by atoms with Crippen LogP contribution in [0.1, 0.15) is 32.3 Å². The van der Waals surface area contributed by atoms with Crippen molar-refractivity contribution in [2.45, 2.75) is 46.3 Å². The maximum atomic E-state index is 13.1. The largest absolute Gasteiger partial charge is 0.370 e. The smallest absolute Gasteiger partial charge is 0.329 e. The Hall–Kier alpha value is -3.29. The Morgan fingerprint density at radius 1 is 1.00 bits per heavy atom. The molecule has 31 heavy (non-hydrogen) atoms. The molecule has 2 aromatic carbocycles. The fourth-order valence-corrected chi connectivity index (χ4v) is 4.23. The molecular weight excluding hydrogens is 397 g/mol. The number of nitrogens with one attached hydrogen (secondary N) is 2. The van der Waals surface area contributed by atoms with Crippen molar-refractivity contribution in [2.75, 3.05) is 23.3 Å². The summed E-state index contributed by atoms with van der Waals surface area (Å²) in [6.07, 6.45) is 2.20. The number of amides is 2. The molecular formula is C23H28FN5O2. The Kier molecular flexibility index (Phi) is 5.97. The first-order chi connectivity index (χ1) is 15.0. The lowest BCUT2D eigenvalue weighted by molar-refractivity contribution is 0.251. The van der Waals surface area contributed by atoms with E-state index in [2.05, 4.69) is 15.5 Å². The number of carbonyl (C=O) groups is 1. The van der Waals surface area contributed by atoms with E-state index in [-0.39, 0.29) is 17.5 Å². The van der Waals surface area contributed by atoms with Crippen LogP contribution in [0.25, 0.3) is 11.0 Å². The van der Waals surface area contributed by atoms with E-state index in [0.717, 1.165) is 48.2 Å². The quantitative estimate of drug-likeness (QED) is 0.629. The molecule has 4 rings (SSSR count). The molecule has 2 amide bonds. The van der Waals surface area contributed by atoms with Crippen molar-refractivity contribution >= 4 is 28.4 Å². The van der Waals surface area contributed by atoms with Crippen molar-refractivity contribution in [3.8, 4) is 0 Å². The average molecular weight is 426 g/mol. The van der Waals surface area contributed by atoms with Crippen LogP contribution in [0.5, 0.6) is 0 Å². The van der Waals surface area contributed by atoms with Gasteiger partial charge in [-0.3, -0.25) is 9.13 Å². The number of hydrogen-bond donors (Lipinski definition) is 2. The zero-order valence-corrected chi connectivity index (χ0v) is 17.9. The predicted molar refractivity (Wildman–Crippen MR) is 121 cm³/mol. The van der Waals surface area contributed by atoms with Crippen molar-refractivity contribution in [3.63, 3.8) is 0 Å². The van der Waals surface area contributed by atoms with Gasteiger partial charge in [0.2, 0.25) is 0 Å². The van der Waals surface area contributed by atoms with Gasteiger partial charge in [0.1, 0.15) is 5.82 Å². The Morgan fingerprint density at radius 3 is 2.23 bits per heavy atom. The van der Waals surface area contributed by atoms with Crippen LogP contribution in [0.4, 0.5) is 20.6 Å². The highest BCUT2D eigenvalue weighted by Crippen LogP contribution is 2.33. The summed E-state index contributed by atoms with van der Waals surface area (Å²) >= 11 is 0. The standard InChI is InChI=1S/C23H28FN5O2/c1-3-28-20-13-18(26-22(30)25-15-16-7-9-17(24)10-8-16)19(27-11-5-6-12-27)14-21(20)29(4-2)23(28)31/h7-10,13-14H,3-6,11-12,15H2,1-2H3,(H2,25,26,30). The summed E-state index contributed by atoms with van der Waals surface area (Å²) < 4.78 is 16.6. The van der Waals surface area contributed by atoms with Gasteiger partial charge in [0.25, 0.3) is 0 Å². The summed E-state index contributed by atoms with van der Waals surface area (Å²) in [6.45, 7) is 7.18. The van der Waals surface area contributed by atoms with Crippen LogP contribution in [-0.4, -0.2) is 28.3 Å². The number of rotatable bonds is 6. The lowest BCUT2D eigenvalue weighted by Crippen LogP contribution is -2.29. The molecule has 1 aliphatic heterocycles. The lowest BCUT2D eigenvalue weighted by atomic mass is 10.2. The topological polar surface area (TPSA) is 71.3 Å². The summed E-state index contributed by atoms with van der Waals surface area (Å²) in [6, 6.07) is 9.61. The van der Waals surface area contributed by atoms with Crippen molar-refractivity contribution in [2.24, 2.45) is 0 Å². The SMILES string of the molecule is CCn1c(=O)n(CC)c2cc(N3CCCC3)c(NC(=O)NCc3ccc(F)cc3)cc21.